The van der Waals surface area contributed by atoms with Gasteiger partial charge in [-0.1, -0.05) is 0 Å². The highest BCUT2D eigenvalue weighted by Gasteiger charge is 2.62. The molecule has 86 valence electrons. The lowest BCUT2D eigenvalue weighted by molar-refractivity contribution is 0.194. The van der Waals surface area contributed by atoms with Gasteiger partial charge in [0.15, 0.2) is 0 Å². The van der Waals surface area contributed by atoms with Crippen LogP contribution in [0.3, 0.4) is 0 Å². The SMILES string of the molecule is CC1CC2(CN3CCNCC3)CC2N1C. The summed E-state index contributed by atoms with van der Waals surface area (Å²) in [5.41, 5.74) is 0.686. The van der Waals surface area contributed by atoms with Gasteiger partial charge < -0.3 is 15.1 Å². The van der Waals surface area contributed by atoms with Gasteiger partial charge in [-0.25, -0.2) is 0 Å². The molecule has 15 heavy (non-hydrogen) atoms. The quantitative estimate of drug-likeness (QED) is 0.709. The van der Waals surface area contributed by atoms with Crippen molar-refractivity contribution in [2.24, 2.45) is 5.41 Å². The molecule has 2 aliphatic heterocycles. The Kier molecular flexibility index (Phi) is 2.31. The van der Waals surface area contributed by atoms with Gasteiger partial charge in [-0.15, -0.1) is 0 Å². The van der Waals surface area contributed by atoms with E-state index in [4.69, 9.17) is 0 Å². The first-order valence-electron chi connectivity index (χ1n) is 6.36. The van der Waals surface area contributed by atoms with E-state index in [1.54, 1.807) is 0 Å². The van der Waals surface area contributed by atoms with Gasteiger partial charge in [-0.3, -0.25) is 0 Å². The van der Waals surface area contributed by atoms with Crippen molar-refractivity contribution in [2.75, 3.05) is 39.8 Å². The van der Waals surface area contributed by atoms with Crippen LogP contribution in [-0.4, -0.2) is 61.7 Å². The Morgan fingerprint density at radius 3 is 2.60 bits per heavy atom. The Morgan fingerprint density at radius 2 is 2.00 bits per heavy atom. The fourth-order valence-corrected chi connectivity index (χ4v) is 3.71. The molecule has 0 amide bonds. The Bertz CT molecular complexity index is 249. The summed E-state index contributed by atoms with van der Waals surface area (Å²) in [6, 6.07) is 1.72. The number of nitrogens with zero attached hydrogens (tertiary/aromatic N) is 2. The van der Waals surface area contributed by atoms with Crippen molar-refractivity contribution in [3.63, 3.8) is 0 Å². The number of fused-ring (bicyclic) bond motifs is 1. The Balaban J connectivity index is 1.60. The Morgan fingerprint density at radius 1 is 1.27 bits per heavy atom. The molecule has 0 spiro atoms. The smallest absolute Gasteiger partial charge is 0.0171 e. The maximum atomic E-state index is 3.43. The average Bonchev–Trinajstić information content (AvgIpc) is 2.86. The van der Waals surface area contributed by atoms with Crippen molar-refractivity contribution in [3.8, 4) is 0 Å². The average molecular weight is 209 g/mol. The van der Waals surface area contributed by atoms with Gasteiger partial charge in [-0.2, -0.15) is 0 Å². The molecular weight excluding hydrogens is 186 g/mol. The highest BCUT2D eigenvalue weighted by molar-refractivity contribution is 5.16. The van der Waals surface area contributed by atoms with Crippen LogP contribution in [0.15, 0.2) is 0 Å². The molecule has 1 aliphatic carbocycles. The summed E-state index contributed by atoms with van der Waals surface area (Å²) in [7, 11) is 2.31. The standard InChI is InChI=1S/C12H23N3/c1-10-7-12(8-11(12)14(10)2)9-15-5-3-13-4-6-15/h10-11,13H,3-9H2,1-2H3. The minimum absolute atomic E-state index is 0.686. The maximum absolute atomic E-state index is 3.43. The summed E-state index contributed by atoms with van der Waals surface area (Å²) >= 11 is 0. The third kappa shape index (κ3) is 1.61. The van der Waals surface area contributed by atoms with Crippen LogP contribution in [0, 0.1) is 5.41 Å². The zero-order valence-corrected chi connectivity index (χ0v) is 10.00. The van der Waals surface area contributed by atoms with E-state index in [0.717, 1.165) is 12.1 Å². The van der Waals surface area contributed by atoms with Crippen molar-refractivity contribution in [1.82, 2.24) is 15.1 Å². The minimum atomic E-state index is 0.686. The van der Waals surface area contributed by atoms with Gasteiger partial charge in [0.2, 0.25) is 0 Å². The van der Waals surface area contributed by atoms with Crippen molar-refractivity contribution in [1.29, 1.82) is 0 Å². The van der Waals surface area contributed by atoms with Crippen LogP contribution in [0.1, 0.15) is 19.8 Å². The fraction of sp³-hybridized carbons (Fsp3) is 1.00. The molecule has 0 radical (unpaired) electrons. The molecule has 1 saturated carbocycles. The van der Waals surface area contributed by atoms with Gasteiger partial charge in [0.25, 0.3) is 0 Å². The van der Waals surface area contributed by atoms with Crippen molar-refractivity contribution in [3.05, 3.63) is 0 Å². The molecule has 1 N–H and O–H groups in total. The zero-order chi connectivity index (χ0) is 10.5. The van der Waals surface area contributed by atoms with E-state index in [-0.39, 0.29) is 0 Å². The lowest BCUT2D eigenvalue weighted by atomic mass is 9.99. The van der Waals surface area contributed by atoms with E-state index in [9.17, 15) is 0 Å². The monoisotopic (exact) mass is 209 g/mol. The normalized spacial score (nSPS) is 46.8. The summed E-state index contributed by atoms with van der Waals surface area (Å²) in [5, 5.41) is 3.43. The molecule has 3 aliphatic rings. The molecule has 2 saturated heterocycles. The Hall–Kier alpha value is -0.120. The molecule has 2 heterocycles. The molecule has 3 atom stereocenters. The number of rotatable bonds is 2. The second kappa shape index (κ2) is 3.44. The second-order valence-corrected chi connectivity index (χ2v) is 5.83. The number of likely N-dealkylation sites (tertiary alicyclic amines) is 1. The van der Waals surface area contributed by atoms with Crippen LogP contribution in [0.25, 0.3) is 0 Å². The van der Waals surface area contributed by atoms with Crippen LogP contribution in [0.4, 0.5) is 0 Å². The van der Waals surface area contributed by atoms with Crippen LogP contribution < -0.4 is 5.32 Å². The lowest BCUT2D eigenvalue weighted by Gasteiger charge is -2.30. The Labute approximate surface area is 92.8 Å². The molecule has 0 aromatic carbocycles. The maximum Gasteiger partial charge on any atom is 0.0171 e. The number of nitrogens with one attached hydrogen (secondary N) is 1. The fourth-order valence-electron chi connectivity index (χ4n) is 3.71. The molecule has 3 fully saturated rings. The van der Waals surface area contributed by atoms with Gasteiger partial charge in [-0.05, 0) is 26.8 Å². The number of piperidine rings is 1. The van der Waals surface area contributed by atoms with Gasteiger partial charge >= 0.3 is 0 Å². The molecule has 3 nitrogen and oxygen atoms in total. The van der Waals surface area contributed by atoms with E-state index in [1.165, 1.54) is 45.6 Å². The molecule has 3 rings (SSSR count). The van der Waals surface area contributed by atoms with E-state index in [2.05, 4.69) is 29.1 Å². The molecule has 0 aromatic rings. The summed E-state index contributed by atoms with van der Waals surface area (Å²) < 4.78 is 0. The van der Waals surface area contributed by atoms with Crippen LogP contribution in [0.5, 0.6) is 0 Å². The number of piperazine rings is 1. The predicted molar refractivity (Wildman–Crippen MR) is 62.0 cm³/mol. The van der Waals surface area contributed by atoms with Crippen LogP contribution in [-0.2, 0) is 0 Å². The largest absolute Gasteiger partial charge is 0.314 e. The summed E-state index contributed by atoms with van der Waals surface area (Å²) in [4.78, 5) is 5.27. The third-order valence-corrected chi connectivity index (χ3v) is 4.78. The molecule has 0 bridgehead atoms. The van der Waals surface area contributed by atoms with Crippen molar-refractivity contribution in [2.45, 2.75) is 31.8 Å². The first-order valence-corrected chi connectivity index (χ1v) is 6.36. The molecule has 0 aromatic heterocycles. The number of hydrogen-bond donors (Lipinski definition) is 1. The minimum Gasteiger partial charge on any atom is -0.314 e. The van der Waals surface area contributed by atoms with E-state index < -0.39 is 0 Å². The van der Waals surface area contributed by atoms with Crippen LogP contribution >= 0.6 is 0 Å². The molecule has 3 unspecified atom stereocenters. The molecular formula is C12H23N3. The van der Waals surface area contributed by atoms with Gasteiger partial charge in [0, 0.05) is 50.2 Å². The first kappa shape index (κ1) is 10.1. The number of hydrogen-bond acceptors (Lipinski definition) is 3. The highest BCUT2D eigenvalue weighted by atomic mass is 15.3. The van der Waals surface area contributed by atoms with E-state index >= 15 is 0 Å². The zero-order valence-electron chi connectivity index (χ0n) is 10.00. The van der Waals surface area contributed by atoms with Crippen molar-refractivity contribution < 1.29 is 0 Å². The topological polar surface area (TPSA) is 18.5 Å². The highest BCUT2D eigenvalue weighted by Crippen LogP contribution is 2.59. The summed E-state index contributed by atoms with van der Waals surface area (Å²) in [6.45, 7) is 8.62. The van der Waals surface area contributed by atoms with Gasteiger partial charge in [0.05, 0.1) is 0 Å². The van der Waals surface area contributed by atoms with Crippen LogP contribution in [0.2, 0.25) is 0 Å². The second-order valence-electron chi connectivity index (χ2n) is 5.83. The summed E-state index contributed by atoms with van der Waals surface area (Å²) in [5.74, 6) is 0. The predicted octanol–water partition coefficient (Wildman–Crippen LogP) is 0.374. The first-order chi connectivity index (χ1) is 7.21. The third-order valence-electron chi connectivity index (χ3n) is 4.78. The van der Waals surface area contributed by atoms with Crippen molar-refractivity contribution >= 4 is 0 Å². The van der Waals surface area contributed by atoms with E-state index in [1.807, 2.05) is 0 Å². The molecule has 3 heteroatoms. The lowest BCUT2D eigenvalue weighted by Crippen LogP contribution is -2.45. The summed E-state index contributed by atoms with van der Waals surface area (Å²) in [6.07, 6.45) is 2.88. The van der Waals surface area contributed by atoms with Gasteiger partial charge in [0.1, 0.15) is 0 Å². The van der Waals surface area contributed by atoms with E-state index in [0.29, 0.717) is 5.41 Å².